The second-order valence-corrected chi connectivity index (χ2v) is 8.51. The van der Waals surface area contributed by atoms with Crippen LogP contribution in [-0.2, 0) is 26.0 Å². The van der Waals surface area contributed by atoms with Gasteiger partial charge in [-0.25, -0.2) is 4.79 Å². The van der Waals surface area contributed by atoms with E-state index in [4.69, 9.17) is 23.7 Å². The van der Waals surface area contributed by atoms with E-state index in [1.807, 2.05) is 11.0 Å². The minimum Gasteiger partial charge on any atom is -0.493 e. The van der Waals surface area contributed by atoms with E-state index in [2.05, 4.69) is 6.07 Å². The maximum absolute atomic E-state index is 12.5. The van der Waals surface area contributed by atoms with E-state index in [1.54, 1.807) is 7.11 Å². The van der Waals surface area contributed by atoms with Gasteiger partial charge in [0.15, 0.2) is 17.6 Å². The van der Waals surface area contributed by atoms with E-state index < -0.39 is 5.79 Å². The van der Waals surface area contributed by atoms with Gasteiger partial charge < -0.3 is 28.6 Å². The number of carbonyl (C=O) groups is 1. The number of methoxy groups -OCH3 is 2. The Morgan fingerprint density at radius 3 is 2.79 bits per heavy atom. The maximum Gasteiger partial charge on any atom is 0.409 e. The number of likely N-dealkylation sites (tertiary alicyclic amines) is 1. The fourth-order valence-corrected chi connectivity index (χ4v) is 6.78. The van der Waals surface area contributed by atoms with E-state index in [9.17, 15) is 4.79 Å². The Balaban J connectivity index is 1.56. The van der Waals surface area contributed by atoms with Crippen LogP contribution in [0, 0.1) is 5.92 Å². The van der Waals surface area contributed by atoms with Crippen LogP contribution in [-0.4, -0.2) is 62.9 Å². The van der Waals surface area contributed by atoms with Crippen molar-refractivity contribution >= 4 is 6.09 Å². The summed E-state index contributed by atoms with van der Waals surface area (Å²) in [6.07, 6.45) is 2.90. The van der Waals surface area contributed by atoms with Crippen LogP contribution in [0.2, 0.25) is 0 Å². The second kappa shape index (κ2) is 5.54. The lowest BCUT2D eigenvalue weighted by Crippen LogP contribution is -2.70. The van der Waals surface area contributed by atoms with Crippen molar-refractivity contribution in [1.29, 1.82) is 0 Å². The van der Waals surface area contributed by atoms with E-state index in [0.29, 0.717) is 25.7 Å². The normalized spacial score (nSPS) is 36.1. The van der Waals surface area contributed by atoms with Gasteiger partial charge in [-0.1, -0.05) is 6.07 Å². The number of hydrogen-bond acceptors (Lipinski definition) is 6. The van der Waals surface area contributed by atoms with Crippen molar-refractivity contribution in [3.05, 3.63) is 23.3 Å². The molecule has 7 heteroatoms. The van der Waals surface area contributed by atoms with Crippen LogP contribution >= 0.6 is 0 Å². The van der Waals surface area contributed by atoms with Gasteiger partial charge in [-0.2, -0.15) is 0 Å². The van der Waals surface area contributed by atoms with Gasteiger partial charge in [-0.05, 0) is 36.8 Å². The van der Waals surface area contributed by atoms with Gasteiger partial charge in [0.2, 0.25) is 5.79 Å². The van der Waals surface area contributed by atoms with E-state index in [-0.39, 0.29) is 23.7 Å². The number of piperidine rings is 1. The van der Waals surface area contributed by atoms with Crippen LogP contribution in [0.5, 0.6) is 11.5 Å². The molecular weight excluding hydrogens is 362 g/mol. The van der Waals surface area contributed by atoms with Crippen molar-refractivity contribution in [2.45, 2.75) is 49.0 Å². The van der Waals surface area contributed by atoms with Crippen LogP contribution in [0.4, 0.5) is 4.79 Å². The number of rotatable bonds is 1. The third kappa shape index (κ3) is 1.80. The molecule has 2 saturated heterocycles. The molecule has 0 unspecified atom stereocenters. The number of carbonyl (C=O) groups excluding carboxylic acids is 1. The summed E-state index contributed by atoms with van der Waals surface area (Å²) in [6.45, 7) is 1.84. The van der Waals surface area contributed by atoms with Gasteiger partial charge in [-0.15, -0.1) is 0 Å². The third-order valence-corrected chi connectivity index (χ3v) is 7.71. The Hall–Kier alpha value is -1.99. The van der Waals surface area contributed by atoms with Crippen molar-refractivity contribution in [3.63, 3.8) is 0 Å². The Morgan fingerprint density at radius 1 is 1.21 bits per heavy atom. The predicted octanol–water partition coefficient (Wildman–Crippen LogP) is 2.24. The standard InChI is InChI=1S/C21H25NO6/c1-24-15-4-3-12-11-14-13-5-6-21(26-9-10-27-21)18-20(13,16(12)17(15)28-18)7-8-22(14)19(23)25-2/h3-4,13-14,18H,5-11H2,1-2H3/t13-,14+,18+,20-/m0/s1. The molecule has 3 fully saturated rings. The number of benzene rings is 1. The zero-order chi connectivity index (χ0) is 19.1. The van der Waals surface area contributed by atoms with E-state index >= 15 is 0 Å². The molecule has 150 valence electrons. The first-order valence-corrected chi connectivity index (χ1v) is 10.1. The number of amides is 1. The molecule has 7 nitrogen and oxygen atoms in total. The van der Waals surface area contributed by atoms with Crippen molar-refractivity contribution in [2.24, 2.45) is 5.92 Å². The summed E-state index contributed by atoms with van der Waals surface area (Å²) < 4.78 is 29.8. The number of hydrogen-bond donors (Lipinski definition) is 0. The SMILES string of the molecule is COC(=O)N1CC[C@]23c4c5ccc(OC)c4O[C@H]2C2(CC[C@H]3[C@H]1C5)OCCO2. The van der Waals surface area contributed by atoms with Crippen LogP contribution in [0.15, 0.2) is 12.1 Å². The zero-order valence-electron chi connectivity index (χ0n) is 16.2. The summed E-state index contributed by atoms with van der Waals surface area (Å²) in [4.78, 5) is 14.4. The summed E-state index contributed by atoms with van der Waals surface area (Å²) in [6, 6.07) is 4.22. The lowest BCUT2D eigenvalue weighted by Gasteiger charge is -2.60. The lowest BCUT2D eigenvalue weighted by atomic mass is 9.50. The fraction of sp³-hybridized carbons (Fsp3) is 0.667. The van der Waals surface area contributed by atoms with Gasteiger partial charge in [0.25, 0.3) is 0 Å². The quantitative estimate of drug-likeness (QED) is 0.736. The Morgan fingerprint density at radius 2 is 2.04 bits per heavy atom. The van der Waals surface area contributed by atoms with Crippen molar-refractivity contribution in [2.75, 3.05) is 34.0 Å². The number of ether oxygens (including phenoxy) is 5. The van der Waals surface area contributed by atoms with Crippen molar-refractivity contribution in [3.8, 4) is 11.5 Å². The first-order valence-electron chi connectivity index (χ1n) is 10.1. The summed E-state index contributed by atoms with van der Waals surface area (Å²) in [5.41, 5.74) is 2.29. The molecule has 1 saturated carbocycles. The lowest BCUT2D eigenvalue weighted by molar-refractivity contribution is -0.260. The smallest absolute Gasteiger partial charge is 0.409 e. The van der Waals surface area contributed by atoms with Crippen LogP contribution < -0.4 is 9.47 Å². The number of nitrogens with zero attached hydrogens (tertiary/aromatic N) is 1. The predicted molar refractivity (Wildman–Crippen MR) is 97.7 cm³/mol. The summed E-state index contributed by atoms with van der Waals surface area (Å²) in [5, 5.41) is 0. The molecule has 1 aromatic rings. The van der Waals surface area contributed by atoms with Crippen LogP contribution in [0.25, 0.3) is 0 Å². The molecule has 3 heterocycles. The highest BCUT2D eigenvalue weighted by Crippen LogP contribution is 2.66. The highest BCUT2D eigenvalue weighted by Gasteiger charge is 2.71. The van der Waals surface area contributed by atoms with Crippen LogP contribution in [0.3, 0.4) is 0 Å². The Bertz CT molecular complexity index is 850. The van der Waals surface area contributed by atoms with Gasteiger partial charge in [0, 0.05) is 30.0 Å². The molecule has 2 bridgehead atoms. The Kier molecular flexibility index (Phi) is 3.35. The van der Waals surface area contributed by atoms with Gasteiger partial charge in [0.1, 0.15) is 0 Å². The molecule has 5 aliphatic rings. The van der Waals surface area contributed by atoms with Gasteiger partial charge >= 0.3 is 6.09 Å². The molecular formula is C21H25NO6. The third-order valence-electron chi connectivity index (χ3n) is 7.71. The first kappa shape index (κ1) is 16.9. The van der Waals surface area contributed by atoms with E-state index in [0.717, 1.165) is 37.2 Å². The van der Waals surface area contributed by atoms with Crippen molar-refractivity contribution < 1.29 is 28.5 Å². The fourth-order valence-electron chi connectivity index (χ4n) is 6.78. The molecule has 28 heavy (non-hydrogen) atoms. The molecule has 6 rings (SSSR count). The van der Waals surface area contributed by atoms with Crippen molar-refractivity contribution in [1.82, 2.24) is 4.90 Å². The highest BCUT2D eigenvalue weighted by atomic mass is 16.8. The molecule has 1 amide bonds. The minimum atomic E-state index is -0.701. The summed E-state index contributed by atoms with van der Waals surface area (Å²) >= 11 is 0. The molecule has 0 aromatic heterocycles. The highest BCUT2D eigenvalue weighted by molar-refractivity contribution is 5.70. The van der Waals surface area contributed by atoms with Crippen LogP contribution in [0.1, 0.15) is 30.4 Å². The summed E-state index contributed by atoms with van der Waals surface area (Å²) in [5.74, 6) is 1.21. The largest absolute Gasteiger partial charge is 0.493 e. The average molecular weight is 387 g/mol. The monoisotopic (exact) mass is 387 g/mol. The molecule has 4 atom stereocenters. The molecule has 2 spiro atoms. The minimum absolute atomic E-state index is 0.109. The second-order valence-electron chi connectivity index (χ2n) is 8.51. The molecule has 0 radical (unpaired) electrons. The Labute approximate surface area is 163 Å². The maximum atomic E-state index is 12.5. The van der Waals surface area contributed by atoms with Gasteiger partial charge in [0.05, 0.1) is 27.4 Å². The average Bonchev–Trinajstić information content (AvgIpc) is 3.32. The molecule has 0 N–H and O–H groups in total. The molecule has 2 aliphatic carbocycles. The first-order chi connectivity index (χ1) is 13.6. The van der Waals surface area contributed by atoms with E-state index in [1.165, 1.54) is 18.2 Å². The number of fused-ring (bicyclic) bond motifs is 1. The topological polar surface area (TPSA) is 66.5 Å². The molecule has 1 aromatic carbocycles. The zero-order valence-corrected chi connectivity index (χ0v) is 16.2. The molecule has 3 aliphatic heterocycles. The summed E-state index contributed by atoms with van der Waals surface area (Å²) in [7, 11) is 3.15. The van der Waals surface area contributed by atoms with Gasteiger partial charge in [-0.3, -0.25) is 0 Å².